The molecule has 0 bridgehead atoms. The first-order chi connectivity index (χ1) is 12.7. The Kier molecular flexibility index (Phi) is 5.64. The highest BCUT2D eigenvalue weighted by molar-refractivity contribution is 6.31. The number of fused-ring (bicyclic) bond motifs is 1. The van der Waals surface area contributed by atoms with E-state index in [-0.39, 0.29) is 18.2 Å². The van der Waals surface area contributed by atoms with Gasteiger partial charge in [0.15, 0.2) is 0 Å². The summed E-state index contributed by atoms with van der Waals surface area (Å²) in [6, 6.07) is 21.7. The molecule has 27 heavy (non-hydrogen) atoms. The Morgan fingerprint density at radius 3 is 2.33 bits per heavy atom. The smallest absolute Gasteiger partial charge is 0.131 e. The van der Waals surface area contributed by atoms with Crippen LogP contribution in [-0.2, 0) is 0 Å². The van der Waals surface area contributed by atoms with Gasteiger partial charge in [0.2, 0.25) is 0 Å². The quantitative estimate of drug-likeness (QED) is 0.527. The lowest BCUT2D eigenvalue weighted by Gasteiger charge is -2.12. The summed E-state index contributed by atoms with van der Waals surface area (Å²) in [5, 5.41) is 1.41. The predicted octanol–water partition coefficient (Wildman–Crippen LogP) is 3.37. The molecule has 4 rings (SSSR count). The summed E-state index contributed by atoms with van der Waals surface area (Å²) >= 11 is 6.17. The Morgan fingerprint density at radius 1 is 0.889 bits per heavy atom. The van der Waals surface area contributed by atoms with Gasteiger partial charge in [-0.15, -0.1) is 0 Å². The van der Waals surface area contributed by atoms with E-state index in [0.29, 0.717) is 10.6 Å². The fraction of sp³-hybridized carbons (Fsp3) is 0.0455. The topological polar surface area (TPSA) is 22.1 Å². The zero-order valence-corrected chi connectivity index (χ0v) is 15.9. The van der Waals surface area contributed by atoms with Gasteiger partial charge in [-0.1, -0.05) is 29.8 Å². The van der Waals surface area contributed by atoms with Gasteiger partial charge in [0.1, 0.15) is 11.6 Å². The summed E-state index contributed by atoms with van der Waals surface area (Å²) in [4.78, 5) is 4.74. The molecule has 0 N–H and O–H groups in total. The SMILES string of the molecule is COc1ccc(-c2cc(-c3ccccc3F)c3cc(Cl)ccc3n2)cc1.[Cl-]. The Bertz CT molecular complexity index is 1100. The molecule has 0 amide bonds. The van der Waals surface area contributed by atoms with Crippen molar-refractivity contribution in [2.24, 2.45) is 0 Å². The lowest BCUT2D eigenvalue weighted by molar-refractivity contribution is -0.00000589. The standard InChI is InChI=1S/C22H15ClFNO.ClH/c1-26-16-9-6-14(7-10-16)22-13-18(17-4-2-3-5-20(17)24)19-12-15(23)8-11-21(19)25-22;/h2-13H,1H3;1H/p-1. The minimum Gasteiger partial charge on any atom is -1.00 e. The Labute approximate surface area is 168 Å². The molecule has 0 spiro atoms. The van der Waals surface area contributed by atoms with Crippen molar-refractivity contribution in [3.63, 3.8) is 0 Å². The molecule has 2 nitrogen and oxygen atoms in total. The summed E-state index contributed by atoms with van der Waals surface area (Å²) in [5.41, 5.74) is 3.75. The number of hydrogen-bond donors (Lipinski definition) is 0. The number of nitrogens with zero attached hydrogens (tertiary/aromatic N) is 1. The third-order valence-electron chi connectivity index (χ3n) is 4.32. The van der Waals surface area contributed by atoms with Crippen LogP contribution in [0.2, 0.25) is 5.02 Å². The number of aromatic nitrogens is 1. The minimum atomic E-state index is -0.277. The number of ether oxygens (including phenoxy) is 1. The second-order valence-electron chi connectivity index (χ2n) is 5.92. The first kappa shape index (κ1) is 19.2. The molecule has 1 heterocycles. The van der Waals surface area contributed by atoms with Gasteiger partial charge in [-0.25, -0.2) is 9.37 Å². The molecule has 0 aliphatic carbocycles. The van der Waals surface area contributed by atoms with Crippen LogP contribution in [0, 0.1) is 5.82 Å². The maximum absolute atomic E-state index is 14.5. The highest BCUT2D eigenvalue weighted by Crippen LogP contribution is 2.35. The molecule has 0 aliphatic rings. The number of rotatable bonds is 3. The fourth-order valence-electron chi connectivity index (χ4n) is 3.01. The monoisotopic (exact) mass is 398 g/mol. The number of hydrogen-bond acceptors (Lipinski definition) is 2. The Balaban J connectivity index is 0.00000210. The number of benzene rings is 3. The summed E-state index contributed by atoms with van der Waals surface area (Å²) in [5.74, 6) is 0.497. The molecule has 0 fully saturated rings. The van der Waals surface area contributed by atoms with Crippen molar-refractivity contribution < 1.29 is 21.5 Å². The lowest BCUT2D eigenvalue weighted by atomic mass is 9.98. The van der Waals surface area contributed by atoms with Crippen molar-refractivity contribution in [3.8, 4) is 28.1 Å². The van der Waals surface area contributed by atoms with Crippen molar-refractivity contribution in [1.29, 1.82) is 0 Å². The van der Waals surface area contributed by atoms with E-state index in [1.165, 1.54) is 6.07 Å². The van der Waals surface area contributed by atoms with Crippen LogP contribution in [0.5, 0.6) is 5.75 Å². The summed E-state index contributed by atoms with van der Waals surface area (Å²) < 4.78 is 19.7. The maximum Gasteiger partial charge on any atom is 0.131 e. The second kappa shape index (κ2) is 7.95. The van der Waals surface area contributed by atoms with Crippen LogP contribution >= 0.6 is 11.6 Å². The van der Waals surface area contributed by atoms with E-state index in [9.17, 15) is 4.39 Å². The molecule has 0 saturated heterocycles. The molecule has 0 aliphatic heterocycles. The van der Waals surface area contributed by atoms with Crippen LogP contribution in [0.15, 0.2) is 72.8 Å². The molecule has 136 valence electrons. The molecule has 0 saturated carbocycles. The molecule has 3 aromatic carbocycles. The summed E-state index contributed by atoms with van der Waals surface area (Å²) in [6.45, 7) is 0. The van der Waals surface area contributed by atoms with Crippen molar-refractivity contribution in [1.82, 2.24) is 4.98 Å². The third kappa shape index (κ3) is 3.75. The first-order valence-electron chi connectivity index (χ1n) is 8.15. The number of methoxy groups -OCH3 is 1. The molecule has 0 unspecified atom stereocenters. The van der Waals surface area contributed by atoms with Gasteiger partial charge >= 0.3 is 0 Å². The van der Waals surface area contributed by atoms with E-state index < -0.39 is 0 Å². The Hall–Kier alpha value is -2.62. The predicted molar refractivity (Wildman–Crippen MR) is 104 cm³/mol. The van der Waals surface area contributed by atoms with Gasteiger partial charge in [-0.05, 0) is 60.2 Å². The first-order valence-corrected chi connectivity index (χ1v) is 8.53. The average Bonchev–Trinajstić information content (AvgIpc) is 2.68. The Morgan fingerprint density at radius 2 is 1.63 bits per heavy atom. The highest BCUT2D eigenvalue weighted by atomic mass is 35.5. The van der Waals surface area contributed by atoms with Gasteiger partial charge in [-0.2, -0.15) is 0 Å². The zero-order valence-electron chi connectivity index (χ0n) is 14.4. The molecule has 0 radical (unpaired) electrons. The van der Waals surface area contributed by atoms with Gasteiger partial charge in [-0.3, -0.25) is 0 Å². The number of halogens is 3. The van der Waals surface area contributed by atoms with E-state index in [1.807, 2.05) is 48.5 Å². The molecular weight excluding hydrogens is 384 g/mol. The van der Waals surface area contributed by atoms with E-state index in [2.05, 4.69) is 0 Å². The molecule has 5 heteroatoms. The van der Waals surface area contributed by atoms with E-state index in [4.69, 9.17) is 21.3 Å². The van der Waals surface area contributed by atoms with Crippen LogP contribution in [0.4, 0.5) is 4.39 Å². The van der Waals surface area contributed by atoms with Gasteiger partial charge < -0.3 is 17.1 Å². The highest BCUT2D eigenvalue weighted by Gasteiger charge is 2.13. The average molecular weight is 399 g/mol. The van der Waals surface area contributed by atoms with Gasteiger partial charge in [0, 0.05) is 21.5 Å². The minimum absolute atomic E-state index is 0. The van der Waals surface area contributed by atoms with E-state index in [1.54, 1.807) is 25.3 Å². The summed E-state index contributed by atoms with van der Waals surface area (Å²) in [6.07, 6.45) is 0. The summed E-state index contributed by atoms with van der Waals surface area (Å²) in [7, 11) is 1.63. The maximum atomic E-state index is 14.5. The van der Waals surface area contributed by atoms with Crippen LogP contribution in [0.3, 0.4) is 0 Å². The van der Waals surface area contributed by atoms with Gasteiger partial charge in [0.05, 0.1) is 18.3 Å². The molecular formula is C22H15Cl2FNO-. The normalized spacial score (nSPS) is 10.5. The van der Waals surface area contributed by atoms with Gasteiger partial charge in [0.25, 0.3) is 0 Å². The molecule has 0 atom stereocenters. The van der Waals surface area contributed by atoms with Crippen molar-refractivity contribution in [2.45, 2.75) is 0 Å². The fourth-order valence-corrected chi connectivity index (χ4v) is 3.18. The largest absolute Gasteiger partial charge is 1.00 e. The van der Waals surface area contributed by atoms with Crippen LogP contribution < -0.4 is 17.1 Å². The van der Waals surface area contributed by atoms with Crippen molar-refractivity contribution >= 4 is 22.5 Å². The van der Waals surface area contributed by atoms with Crippen molar-refractivity contribution in [3.05, 3.63) is 83.6 Å². The lowest BCUT2D eigenvalue weighted by Crippen LogP contribution is -3.00. The molecule has 4 aromatic rings. The third-order valence-corrected chi connectivity index (χ3v) is 4.56. The van der Waals surface area contributed by atoms with E-state index >= 15 is 0 Å². The number of pyridine rings is 1. The zero-order chi connectivity index (χ0) is 18.1. The van der Waals surface area contributed by atoms with Crippen LogP contribution in [0.25, 0.3) is 33.3 Å². The van der Waals surface area contributed by atoms with Crippen LogP contribution in [0.1, 0.15) is 0 Å². The molecule has 1 aromatic heterocycles. The van der Waals surface area contributed by atoms with Crippen LogP contribution in [-0.4, -0.2) is 12.1 Å². The van der Waals surface area contributed by atoms with E-state index in [0.717, 1.165) is 33.5 Å². The second-order valence-corrected chi connectivity index (χ2v) is 6.36. The van der Waals surface area contributed by atoms with Crippen molar-refractivity contribution in [2.75, 3.05) is 7.11 Å².